The predicted octanol–water partition coefficient (Wildman–Crippen LogP) is 2.30. The van der Waals surface area contributed by atoms with Crippen LogP contribution in [0.25, 0.3) is 0 Å². The van der Waals surface area contributed by atoms with E-state index in [4.69, 9.17) is 10.5 Å². The molecular weight excluding hydrogens is 324 g/mol. The zero-order chi connectivity index (χ0) is 14.5. The van der Waals surface area contributed by atoms with Gasteiger partial charge in [-0.3, -0.25) is 4.79 Å². The number of amides is 1. The maximum atomic E-state index is 11.9. The molecule has 5 nitrogen and oxygen atoms in total. The number of esters is 1. The second-order valence-electron chi connectivity index (χ2n) is 3.93. The third-order valence-electron chi connectivity index (χ3n) is 2.59. The minimum atomic E-state index is -0.572. The van der Waals surface area contributed by atoms with Crippen LogP contribution in [0, 0.1) is 0 Å². The standard InChI is InChI=1S/C14H11BrN2O3/c15-11-6-3-7-17-12(11)14(19)20-8-9-4-1-2-5-10(9)13(16)18/h1-7H,8H2,(H2,16,18). The fraction of sp³-hybridized carbons (Fsp3) is 0.0714. The Hall–Kier alpha value is -2.21. The van der Waals surface area contributed by atoms with Crippen LogP contribution in [0.4, 0.5) is 0 Å². The van der Waals surface area contributed by atoms with Crippen molar-refractivity contribution in [2.24, 2.45) is 5.73 Å². The highest BCUT2D eigenvalue weighted by Gasteiger charge is 2.14. The van der Waals surface area contributed by atoms with Crippen molar-refractivity contribution in [3.8, 4) is 0 Å². The van der Waals surface area contributed by atoms with Crippen LogP contribution < -0.4 is 5.73 Å². The van der Waals surface area contributed by atoms with Crippen molar-refractivity contribution in [3.63, 3.8) is 0 Å². The Morgan fingerprint density at radius 1 is 1.20 bits per heavy atom. The highest BCUT2D eigenvalue weighted by molar-refractivity contribution is 9.10. The van der Waals surface area contributed by atoms with Crippen LogP contribution in [0.3, 0.4) is 0 Å². The molecule has 102 valence electrons. The molecule has 0 spiro atoms. The minimum Gasteiger partial charge on any atom is -0.456 e. The number of pyridine rings is 1. The lowest BCUT2D eigenvalue weighted by molar-refractivity contribution is 0.0462. The summed E-state index contributed by atoms with van der Waals surface area (Å²) in [4.78, 5) is 27.1. The molecule has 1 aromatic heterocycles. The van der Waals surface area contributed by atoms with Crippen molar-refractivity contribution in [3.05, 3.63) is 63.9 Å². The first-order valence-electron chi connectivity index (χ1n) is 5.75. The van der Waals surface area contributed by atoms with E-state index in [0.29, 0.717) is 15.6 Å². The van der Waals surface area contributed by atoms with E-state index in [-0.39, 0.29) is 12.3 Å². The van der Waals surface area contributed by atoms with Crippen LogP contribution in [0.1, 0.15) is 26.4 Å². The number of aromatic nitrogens is 1. The van der Waals surface area contributed by atoms with Gasteiger partial charge in [0.1, 0.15) is 6.61 Å². The van der Waals surface area contributed by atoms with Gasteiger partial charge in [-0.2, -0.15) is 0 Å². The molecule has 1 heterocycles. The molecular formula is C14H11BrN2O3. The molecule has 0 unspecified atom stereocenters. The number of benzene rings is 1. The molecule has 2 aromatic rings. The number of primary amides is 1. The largest absolute Gasteiger partial charge is 0.456 e. The summed E-state index contributed by atoms with van der Waals surface area (Å²) >= 11 is 3.22. The quantitative estimate of drug-likeness (QED) is 0.869. The molecule has 1 amide bonds. The van der Waals surface area contributed by atoms with Crippen LogP contribution in [0.5, 0.6) is 0 Å². The smallest absolute Gasteiger partial charge is 0.358 e. The van der Waals surface area contributed by atoms with Gasteiger partial charge >= 0.3 is 5.97 Å². The Morgan fingerprint density at radius 2 is 1.95 bits per heavy atom. The molecule has 0 saturated heterocycles. The number of rotatable bonds is 4. The van der Waals surface area contributed by atoms with Gasteiger partial charge in [0.25, 0.3) is 0 Å². The van der Waals surface area contributed by atoms with E-state index in [2.05, 4.69) is 20.9 Å². The Labute approximate surface area is 123 Å². The van der Waals surface area contributed by atoms with Crippen LogP contribution in [0.2, 0.25) is 0 Å². The van der Waals surface area contributed by atoms with Gasteiger partial charge in [0, 0.05) is 17.3 Å². The van der Waals surface area contributed by atoms with Crippen LogP contribution in [-0.2, 0) is 11.3 Å². The van der Waals surface area contributed by atoms with Gasteiger partial charge in [-0.25, -0.2) is 9.78 Å². The van der Waals surface area contributed by atoms with Gasteiger partial charge in [0.05, 0.1) is 4.47 Å². The van der Waals surface area contributed by atoms with Crippen LogP contribution in [0.15, 0.2) is 47.1 Å². The van der Waals surface area contributed by atoms with Crippen LogP contribution in [-0.4, -0.2) is 16.9 Å². The normalized spacial score (nSPS) is 10.1. The molecule has 6 heteroatoms. The van der Waals surface area contributed by atoms with Crippen molar-refractivity contribution in [1.29, 1.82) is 0 Å². The van der Waals surface area contributed by atoms with Crippen LogP contribution >= 0.6 is 15.9 Å². The molecule has 0 aliphatic rings. The van der Waals surface area contributed by atoms with Crippen molar-refractivity contribution >= 4 is 27.8 Å². The summed E-state index contributed by atoms with van der Waals surface area (Å²) in [7, 11) is 0. The second kappa shape index (κ2) is 6.29. The summed E-state index contributed by atoms with van der Waals surface area (Å²) in [6.45, 7) is -0.0407. The third kappa shape index (κ3) is 3.21. The van der Waals surface area contributed by atoms with Crippen molar-refractivity contribution in [2.45, 2.75) is 6.61 Å². The molecule has 0 bridgehead atoms. The lowest BCUT2D eigenvalue weighted by Crippen LogP contribution is -2.15. The fourth-order valence-corrected chi connectivity index (χ4v) is 2.05. The average molecular weight is 335 g/mol. The summed E-state index contributed by atoms with van der Waals surface area (Å²) in [6, 6.07) is 10.1. The zero-order valence-corrected chi connectivity index (χ0v) is 12.0. The number of hydrogen-bond acceptors (Lipinski definition) is 4. The molecule has 0 atom stereocenters. The van der Waals surface area contributed by atoms with E-state index in [0.717, 1.165) is 0 Å². The van der Waals surface area contributed by atoms with Gasteiger partial charge in [-0.15, -0.1) is 0 Å². The monoisotopic (exact) mass is 334 g/mol. The first kappa shape index (κ1) is 14.2. The number of nitrogens with two attached hydrogens (primary N) is 1. The SMILES string of the molecule is NC(=O)c1ccccc1COC(=O)c1ncccc1Br. The topological polar surface area (TPSA) is 82.3 Å². The molecule has 2 N–H and O–H groups in total. The summed E-state index contributed by atoms with van der Waals surface area (Å²) in [6.07, 6.45) is 1.50. The van der Waals surface area contributed by atoms with Gasteiger partial charge in [-0.1, -0.05) is 18.2 Å². The molecule has 0 radical (unpaired) electrons. The van der Waals surface area contributed by atoms with E-state index < -0.39 is 11.9 Å². The first-order chi connectivity index (χ1) is 9.59. The van der Waals surface area contributed by atoms with Crippen molar-refractivity contribution < 1.29 is 14.3 Å². The van der Waals surface area contributed by atoms with Gasteiger partial charge in [0.15, 0.2) is 5.69 Å². The Kier molecular flexibility index (Phi) is 4.47. The number of nitrogens with zero attached hydrogens (tertiary/aromatic N) is 1. The maximum absolute atomic E-state index is 11.9. The number of hydrogen-bond donors (Lipinski definition) is 1. The van der Waals surface area contributed by atoms with Gasteiger partial charge < -0.3 is 10.5 Å². The summed E-state index contributed by atoms with van der Waals surface area (Å²) in [5.74, 6) is -1.13. The van der Waals surface area contributed by atoms with E-state index in [1.54, 1.807) is 36.4 Å². The zero-order valence-electron chi connectivity index (χ0n) is 10.4. The van der Waals surface area contributed by atoms with Crippen molar-refractivity contribution in [1.82, 2.24) is 4.98 Å². The maximum Gasteiger partial charge on any atom is 0.358 e. The Balaban J connectivity index is 2.12. The Bertz CT molecular complexity index is 658. The van der Waals surface area contributed by atoms with Gasteiger partial charge in [-0.05, 0) is 34.1 Å². The molecule has 1 aromatic carbocycles. The number of carbonyl (C=O) groups is 2. The summed E-state index contributed by atoms with van der Waals surface area (Å²) < 4.78 is 5.70. The highest BCUT2D eigenvalue weighted by Crippen LogP contribution is 2.16. The third-order valence-corrected chi connectivity index (χ3v) is 3.23. The molecule has 20 heavy (non-hydrogen) atoms. The number of ether oxygens (including phenoxy) is 1. The summed E-state index contributed by atoms with van der Waals surface area (Å²) in [5, 5.41) is 0. The fourth-order valence-electron chi connectivity index (χ4n) is 1.63. The lowest BCUT2D eigenvalue weighted by atomic mass is 10.1. The summed E-state index contributed by atoms with van der Waals surface area (Å²) in [5.41, 5.74) is 6.33. The molecule has 0 aliphatic heterocycles. The minimum absolute atomic E-state index is 0.0407. The highest BCUT2D eigenvalue weighted by atomic mass is 79.9. The first-order valence-corrected chi connectivity index (χ1v) is 6.54. The molecule has 2 rings (SSSR count). The lowest BCUT2D eigenvalue weighted by Gasteiger charge is -2.08. The van der Waals surface area contributed by atoms with E-state index in [1.165, 1.54) is 6.20 Å². The van der Waals surface area contributed by atoms with E-state index >= 15 is 0 Å². The van der Waals surface area contributed by atoms with Crippen molar-refractivity contribution in [2.75, 3.05) is 0 Å². The van der Waals surface area contributed by atoms with E-state index in [9.17, 15) is 9.59 Å². The number of halogens is 1. The molecule has 0 aliphatic carbocycles. The number of carbonyl (C=O) groups excluding carboxylic acids is 2. The average Bonchev–Trinajstić information content (AvgIpc) is 2.45. The predicted molar refractivity (Wildman–Crippen MR) is 76.0 cm³/mol. The molecule has 0 fully saturated rings. The van der Waals surface area contributed by atoms with E-state index in [1.807, 2.05) is 0 Å². The Morgan fingerprint density at radius 3 is 2.65 bits per heavy atom. The molecule has 0 saturated carbocycles. The second-order valence-corrected chi connectivity index (χ2v) is 4.79. The van der Waals surface area contributed by atoms with Gasteiger partial charge in [0.2, 0.25) is 5.91 Å².